The maximum absolute atomic E-state index is 12.9. The molecule has 0 radical (unpaired) electrons. The lowest BCUT2D eigenvalue weighted by molar-refractivity contribution is -0.140. The van der Waals surface area contributed by atoms with E-state index in [0.717, 1.165) is 39.0 Å². The fraction of sp³-hybridized carbons (Fsp3) is 0.500. The highest BCUT2D eigenvalue weighted by Gasteiger charge is 2.30. The number of anilines is 2. The summed E-state index contributed by atoms with van der Waals surface area (Å²) < 4.78 is 5.57. The number of esters is 1. The molecule has 4 N–H and O–H groups in total. The van der Waals surface area contributed by atoms with Crippen LogP contribution in [0.2, 0.25) is 0 Å². The van der Waals surface area contributed by atoms with Gasteiger partial charge in [-0.1, -0.05) is 25.3 Å². The Morgan fingerprint density at radius 2 is 2.03 bits per heavy atom. The molecule has 0 unspecified atom stereocenters. The lowest BCUT2D eigenvalue weighted by Gasteiger charge is -2.34. The van der Waals surface area contributed by atoms with Gasteiger partial charge in [0.15, 0.2) is 11.4 Å². The van der Waals surface area contributed by atoms with Crippen molar-refractivity contribution in [2.24, 2.45) is 10.9 Å². The number of nitrogens with two attached hydrogens (primary N) is 1. The topological polar surface area (TPSA) is 116 Å². The summed E-state index contributed by atoms with van der Waals surface area (Å²) in [7, 11) is 0. The van der Waals surface area contributed by atoms with Gasteiger partial charge in [0.25, 0.3) is 0 Å². The Labute approximate surface area is 176 Å². The van der Waals surface area contributed by atoms with Crippen LogP contribution in [0.25, 0.3) is 0 Å². The molecular formula is C22H28N6O2. The van der Waals surface area contributed by atoms with Crippen molar-refractivity contribution in [3.63, 3.8) is 0 Å². The van der Waals surface area contributed by atoms with Crippen LogP contribution in [0.15, 0.2) is 34.5 Å². The number of amidine groups is 1. The predicted octanol–water partition coefficient (Wildman–Crippen LogP) is 2.53. The second kappa shape index (κ2) is 9.18. The lowest BCUT2D eigenvalue weighted by atomic mass is 9.90. The first-order chi connectivity index (χ1) is 14.7. The zero-order chi connectivity index (χ0) is 20.9. The van der Waals surface area contributed by atoms with Crippen LogP contribution in [0.4, 0.5) is 17.1 Å². The third-order valence-electron chi connectivity index (χ3n) is 5.93. The molecule has 1 aromatic carbocycles. The van der Waals surface area contributed by atoms with Crippen molar-refractivity contribution in [3.8, 4) is 6.07 Å². The minimum atomic E-state index is -0.597. The van der Waals surface area contributed by atoms with Crippen molar-refractivity contribution < 1.29 is 9.53 Å². The summed E-state index contributed by atoms with van der Waals surface area (Å²) in [6.45, 7) is 3.42. The van der Waals surface area contributed by atoms with Crippen LogP contribution in [0.5, 0.6) is 0 Å². The summed E-state index contributed by atoms with van der Waals surface area (Å²) in [6.07, 6.45) is 5.74. The number of piperazine rings is 1. The Kier molecular flexibility index (Phi) is 6.19. The number of fused-ring (bicyclic) bond motifs is 1. The quantitative estimate of drug-likeness (QED) is 0.305. The Morgan fingerprint density at radius 1 is 1.27 bits per heavy atom. The minimum absolute atomic E-state index is 0.0452. The third-order valence-corrected chi connectivity index (χ3v) is 5.93. The van der Waals surface area contributed by atoms with Crippen LogP contribution in [-0.2, 0) is 9.53 Å². The molecule has 4 rings (SSSR count). The van der Waals surface area contributed by atoms with Crippen LogP contribution < -0.4 is 16.4 Å². The molecule has 30 heavy (non-hydrogen) atoms. The SMILES string of the molecule is N#C/C(C(=O)OCC1CCCCC1)=C1/Nc2cccc(N)c2N=C1N1CCNCC1. The number of hydrogen-bond donors (Lipinski definition) is 3. The van der Waals surface area contributed by atoms with E-state index in [1.165, 1.54) is 19.3 Å². The average Bonchev–Trinajstić information content (AvgIpc) is 2.79. The standard InChI is InChI=1S/C22H28N6O2/c23-13-16(22(29)30-14-15-5-2-1-3-6-15)19-21(28-11-9-25-10-12-28)27-20-17(24)7-4-8-18(20)26-19/h4,7-8,15,25-26H,1-3,5-6,9-12,14,24H2/b19-16-. The third kappa shape index (κ3) is 4.26. The normalized spacial score (nSPS) is 21.0. The number of nitrogens with zero attached hydrogens (tertiary/aromatic N) is 3. The predicted molar refractivity (Wildman–Crippen MR) is 116 cm³/mol. The molecule has 1 aliphatic carbocycles. The van der Waals surface area contributed by atoms with Gasteiger partial charge in [-0.3, -0.25) is 0 Å². The number of aliphatic imine (C=N–C) groups is 1. The van der Waals surface area contributed by atoms with Crippen molar-refractivity contribution in [1.29, 1.82) is 5.26 Å². The average molecular weight is 409 g/mol. The second-order valence-corrected chi connectivity index (χ2v) is 8.01. The molecule has 0 atom stereocenters. The summed E-state index contributed by atoms with van der Waals surface area (Å²) >= 11 is 0. The number of ether oxygens (including phenoxy) is 1. The molecule has 158 valence electrons. The Bertz CT molecular complexity index is 905. The van der Waals surface area contributed by atoms with E-state index in [1.807, 2.05) is 12.1 Å². The van der Waals surface area contributed by atoms with Gasteiger partial charge in [0.1, 0.15) is 17.5 Å². The zero-order valence-electron chi connectivity index (χ0n) is 17.1. The van der Waals surface area contributed by atoms with Gasteiger partial charge in [-0.15, -0.1) is 0 Å². The summed E-state index contributed by atoms with van der Waals surface area (Å²) in [4.78, 5) is 19.7. The van der Waals surface area contributed by atoms with Crippen LogP contribution in [-0.4, -0.2) is 49.5 Å². The monoisotopic (exact) mass is 408 g/mol. The van der Waals surface area contributed by atoms with Crippen LogP contribution >= 0.6 is 0 Å². The van der Waals surface area contributed by atoms with E-state index in [9.17, 15) is 10.1 Å². The molecule has 3 aliphatic rings. The van der Waals surface area contributed by atoms with Gasteiger partial charge < -0.3 is 26.0 Å². The maximum atomic E-state index is 12.9. The van der Waals surface area contributed by atoms with Crippen molar-refractivity contribution in [3.05, 3.63) is 29.5 Å². The number of benzene rings is 1. The summed E-state index contributed by atoms with van der Waals surface area (Å²) in [5.74, 6) is 0.350. The number of nitriles is 1. The summed E-state index contributed by atoms with van der Waals surface area (Å²) in [5.41, 5.74) is 8.33. The molecule has 1 saturated carbocycles. The number of rotatable bonds is 3. The molecule has 1 saturated heterocycles. The molecule has 2 fully saturated rings. The van der Waals surface area contributed by atoms with E-state index in [0.29, 0.717) is 41.1 Å². The first-order valence-corrected chi connectivity index (χ1v) is 10.7. The summed E-state index contributed by atoms with van der Waals surface area (Å²) in [5, 5.41) is 16.4. The van der Waals surface area contributed by atoms with Crippen LogP contribution in [0, 0.1) is 17.2 Å². The molecule has 0 spiro atoms. The van der Waals surface area contributed by atoms with E-state index < -0.39 is 5.97 Å². The Hall–Kier alpha value is -3.05. The molecule has 2 aliphatic heterocycles. The van der Waals surface area contributed by atoms with Crippen molar-refractivity contribution in [1.82, 2.24) is 10.2 Å². The van der Waals surface area contributed by atoms with E-state index >= 15 is 0 Å². The molecular weight excluding hydrogens is 380 g/mol. The number of carbonyl (C=O) groups excluding carboxylic acids is 1. The lowest BCUT2D eigenvalue weighted by Crippen LogP contribution is -2.48. The molecule has 0 amide bonds. The smallest absolute Gasteiger partial charge is 0.351 e. The van der Waals surface area contributed by atoms with E-state index in [4.69, 9.17) is 15.5 Å². The molecule has 0 bridgehead atoms. The molecule has 0 aromatic heterocycles. The highest BCUT2D eigenvalue weighted by molar-refractivity contribution is 6.13. The van der Waals surface area contributed by atoms with Gasteiger partial charge in [0, 0.05) is 26.2 Å². The number of carbonyl (C=O) groups is 1. The first-order valence-electron chi connectivity index (χ1n) is 10.7. The van der Waals surface area contributed by atoms with Gasteiger partial charge in [-0.05, 0) is 30.9 Å². The Morgan fingerprint density at radius 3 is 2.77 bits per heavy atom. The van der Waals surface area contributed by atoms with Crippen molar-refractivity contribution in [2.45, 2.75) is 32.1 Å². The van der Waals surface area contributed by atoms with Gasteiger partial charge >= 0.3 is 5.97 Å². The number of nitrogen functional groups attached to an aromatic ring is 1. The van der Waals surface area contributed by atoms with Gasteiger partial charge in [0.2, 0.25) is 0 Å². The molecule has 2 heterocycles. The Balaban J connectivity index is 1.64. The van der Waals surface area contributed by atoms with Crippen LogP contribution in [0.3, 0.4) is 0 Å². The first kappa shape index (κ1) is 20.2. The van der Waals surface area contributed by atoms with Crippen molar-refractivity contribution >= 4 is 28.9 Å². The highest BCUT2D eigenvalue weighted by atomic mass is 16.5. The van der Waals surface area contributed by atoms with E-state index in [1.54, 1.807) is 6.07 Å². The minimum Gasteiger partial charge on any atom is -0.461 e. The highest BCUT2D eigenvalue weighted by Crippen LogP contribution is 2.37. The van der Waals surface area contributed by atoms with E-state index in [-0.39, 0.29) is 5.57 Å². The molecule has 8 nitrogen and oxygen atoms in total. The van der Waals surface area contributed by atoms with Crippen LogP contribution in [0.1, 0.15) is 32.1 Å². The zero-order valence-corrected chi connectivity index (χ0v) is 17.1. The van der Waals surface area contributed by atoms with Gasteiger partial charge in [-0.2, -0.15) is 5.26 Å². The number of para-hydroxylation sites is 1. The number of hydrogen-bond acceptors (Lipinski definition) is 8. The van der Waals surface area contributed by atoms with Gasteiger partial charge in [0.05, 0.1) is 18.0 Å². The maximum Gasteiger partial charge on any atom is 0.351 e. The molecule has 1 aromatic rings. The second-order valence-electron chi connectivity index (χ2n) is 8.01. The fourth-order valence-corrected chi connectivity index (χ4v) is 4.24. The summed E-state index contributed by atoms with van der Waals surface area (Å²) in [6, 6.07) is 7.51. The fourth-order valence-electron chi connectivity index (χ4n) is 4.24. The van der Waals surface area contributed by atoms with E-state index in [2.05, 4.69) is 21.6 Å². The largest absolute Gasteiger partial charge is 0.461 e. The number of nitrogens with one attached hydrogen (secondary N) is 2. The van der Waals surface area contributed by atoms with Crippen molar-refractivity contribution in [2.75, 3.05) is 43.8 Å². The molecule has 8 heteroatoms. The van der Waals surface area contributed by atoms with Gasteiger partial charge in [-0.25, -0.2) is 9.79 Å².